The summed E-state index contributed by atoms with van der Waals surface area (Å²) in [4.78, 5) is 3.79. The minimum Gasteiger partial charge on any atom is -0.479 e. The summed E-state index contributed by atoms with van der Waals surface area (Å²) in [5.41, 5.74) is 0.339. The SMILES string of the molecule is Cn1cnc(S(=O)(=O)Nc2cccc(OCC#N)c2)c1. The first-order chi connectivity index (χ1) is 9.51. The van der Waals surface area contributed by atoms with Crippen molar-refractivity contribution >= 4 is 15.7 Å². The Labute approximate surface area is 116 Å². The van der Waals surface area contributed by atoms with E-state index in [0.717, 1.165) is 0 Å². The van der Waals surface area contributed by atoms with Crippen LogP contribution in [0.3, 0.4) is 0 Å². The highest BCUT2D eigenvalue weighted by molar-refractivity contribution is 7.92. The predicted molar refractivity (Wildman–Crippen MR) is 71.6 cm³/mol. The number of hydrogen-bond donors (Lipinski definition) is 1. The lowest BCUT2D eigenvalue weighted by molar-refractivity contribution is 0.368. The Morgan fingerprint density at radius 3 is 2.95 bits per heavy atom. The Hall–Kier alpha value is -2.53. The molecule has 1 heterocycles. The van der Waals surface area contributed by atoms with E-state index < -0.39 is 10.0 Å². The Balaban J connectivity index is 2.19. The van der Waals surface area contributed by atoms with Crippen LogP contribution in [0.15, 0.2) is 41.8 Å². The molecular weight excluding hydrogens is 280 g/mol. The standard InChI is InChI=1S/C12H12N4O3S/c1-16-8-12(14-9-16)20(17,18)15-10-3-2-4-11(7-10)19-6-5-13/h2-4,7-9,15H,6H2,1H3. The summed E-state index contributed by atoms with van der Waals surface area (Å²) in [5, 5.41) is 8.37. The first-order valence-electron chi connectivity index (χ1n) is 5.62. The van der Waals surface area contributed by atoms with Gasteiger partial charge in [-0.25, -0.2) is 4.98 Å². The van der Waals surface area contributed by atoms with Crippen molar-refractivity contribution < 1.29 is 13.2 Å². The number of anilines is 1. The van der Waals surface area contributed by atoms with Gasteiger partial charge in [0.2, 0.25) is 0 Å². The van der Waals surface area contributed by atoms with Gasteiger partial charge in [0.25, 0.3) is 10.0 Å². The summed E-state index contributed by atoms with van der Waals surface area (Å²) in [7, 11) is -2.05. The number of nitrogens with one attached hydrogen (secondary N) is 1. The Bertz CT molecular complexity index is 746. The van der Waals surface area contributed by atoms with Gasteiger partial charge in [-0.05, 0) is 12.1 Å². The lowest BCUT2D eigenvalue weighted by Gasteiger charge is -2.07. The van der Waals surface area contributed by atoms with Gasteiger partial charge < -0.3 is 9.30 Å². The molecule has 1 N–H and O–H groups in total. The molecule has 0 radical (unpaired) electrons. The maximum Gasteiger partial charge on any atom is 0.280 e. The number of aryl methyl sites for hydroxylation is 1. The molecule has 2 rings (SSSR count). The summed E-state index contributed by atoms with van der Waals surface area (Å²) in [6, 6.07) is 8.18. The van der Waals surface area contributed by atoms with Crippen molar-refractivity contribution in [3.8, 4) is 11.8 Å². The predicted octanol–water partition coefficient (Wildman–Crippen LogP) is 1.12. The van der Waals surface area contributed by atoms with E-state index in [0.29, 0.717) is 11.4 Å². The van der Waals surface area contributed by atoms with Gasteiger partial charge in [-0.3, -0.25) is 4.72 Å². The molecule has 0 atom stereocenters. The van der Waals surface area contributed by atoms with Crippen LogP contribution in [0.2, 0.25) is 0 Å². The first kappa shape index (κ1) is 13.9. The summed E-state index contributed by atoms with van der Waals surface area (Å²) in [6.07, 6.45) is 2.80. The number of sulfonamides is 1. The van der Waals surface area contributed by atoms with Crippen LogP contribution in [0, 0.1) is 11.3 Å². The highest BCUT2D eigenvalue weighted by Gasteiger charge is 2.17. The zero-order valence-corrected chi connectivity index (χ0v) is 11.5. The monoisotopic (exact) mass is 292 g/mol. The number of benzene rings is 1. The van der Waals surface area contributed by atoms with Gasteiger partial charge in [0.1, 0.15) is 11.8 Å². The zero-order chi connectivity index (χ0) is 14.6. The lowest BCUT2D eigenvalue weighted by atomic mass is 10.3. The van der Waals surface area contributed by atoms with Crippen LogP contribution in [-0.4, -0.2) is 24.6 Å². The fourth-order valence-corrected chi connectivity index (χ4v) is 2.53. The number of nitrogens with zero attached hydrogens (tertiary/aromatic N) is 3. The van der Waals surface area contributed by atoms with Crippen LogP contribution in [0.25, 0.3) is 0 Å². The minimum absolute atomic E-state index is 0.0663. The van der Waals surface area contributed by atoms with Gasteiger partial charge >= 0.3 is 0 Å². The minimum atomic E-state index is -3.73. The van der Waals surface area contributed by atoms with Crippen molar-refractivity contribution in [2.75, 3.05) is 11.3 Å². The quantitative estimate of drug-likeness (QED) is 0.890. The van der Waals surface area contributed by atoms with Crippen molar-refractivity contribution in [3.05, 3.63) is 36.8 Å². The van der Waals surface area contributed by atoms with Crippen LogP contribution in [0.1, 0.15) is 0 Å². The lowest BCUT2D eigenvalue weighted by Crippen LogP contribution is -2.13. The normalized spacial score (nSPS) is 10.8. The van der Waals surface area contributed by atoms with Crippen molar-refractivity contribution in [3.63, 3.8) is 0 Å². The summed E-state index contributed by atoms with van der Waals surface area (Å²) < 4.78 is 33.2. The highest BCUT2D eigenvalue weighted by atomic mass is 32.2. The Morgan fingerprint density at radius 2 is 2.30 bits per heavy atom. The molecule has 2 aromatic rings. The van der Waals surface area contributed by atoms with Crippen molar-refractivity contribution in [1.29, 1.82) is 5.26 Å². The third kappa shape index (κ3) is 3.27. The van der Waals surface area contributed by atoms with E-state index in [1.54, 1.807) is 29.8 Å². The molecule has 0 aliphatic rings. The topological polar surface area (TPSA) is 97.0 Å². The highest BCUT2D eigenvalue weighted by Crippen LogP contribution is 2.20. The fourth-order valence-electron chi connectivity index (χ4n) is 1.50. The number of nitriles is 1. The van der Waals surface area contributed by atoms with E-state index in [1.165, 1.54) is 18.6 Å². The van der Waals surface area contributed by atoms with Crippen LogP contribution in [-0.2, 0) is 17.1 Å². The average Bonchev–Trinajstić information content (AvgIpc) is 2.84. The molecule has 104 valence electrons. The number of hydrogen-bond acceptors (Lipinski definition) is 5. The number of aromatic nitrogens is 2. The Kier molecular flexibility index (Phi) is 3.91. The second-order valence-electron chi connectivity index (χ2n) is 3.96. The second-order valence-corrected chi connectivity index (χ2v) is 5.59. The van der Waals surface area contributed by atoms with Crippen molar-refractivity contribution in [1.82, 2.24) is 9.55 Å². The van der Waals surface area contributed by atoms with Crippen molar-refractivity contribution in [2.45, 2.75) is 5.03 Å². The third-order valence-corrected chi connectivity index (χ3v) is 3.61. The molecule has 20 heavy (non-hydrogen) atoms. The first-order valence-corrected chi connectivity index (χ1v) is 7.10. The van der Waals surface area contributed by atoms with Gasteiger partial charge in [0, 0.05) is 19.3 Å². The van der Waals surface area contributed by atoms with Gasteiger partial charge in [0.15, 0.2) is 11.6 Å². The maximum absolute atomic E-state index is 12.1. The molecule has 0 aliphatic carbocycles. The average molecular weight is 292 g/mol. The number of imidazole rings is 1. The largest absolute Gasteiger partial charge is 0.479 e. The van der Waals surface area contributed by atoms with Crippen LogP contribution >= 0.6 is 0 Å². The summed E-state index contributed by atoms with van der Waals surface area (Å²) in [5.74, 6) is 0.410. The van der Waals surface area contributed by atoms with E-state index in [2.05, 4.69) is 9.71 Å². The molecule has 0 saturated heterocycles. The van der Waals surface area contributed by atoms with Crippen LogP contribution in [0.4, 0.5) is 5.69 Å². The molecule has 0 saturated carbocycles. The molecule has 0 spiro atoms. The third-order valence-electron chi connectivity index (χ3n) is 2.35. The number of rotatable bonds is 5. The van der Waals surface area contributed by atoms with E-state index in [4.69, 9.17) is 10.00 Å². The summed E-state index contributed by atoms with van der Waals surface area (Å²) in [6.45, 7) is -0.101. The molecule has 7 nitrogen and oxygen atoms in total. The van der Waals surface area contributed by atoms with Crippen molar-refractivity contribution in [2.24, 2.45) is 7.05 Å². The molecule has 1 aromatic carbocycles. The summed E-state index contributed by atoms with van der Waals surface area (Å²) >= 11 is 0. The van der Waals surface area contributed by atoms with E-state index in [-0.39, 0.29) is 11.6 Å². The molecule has 0 aliphatic heterocycles. The van der Waals surface area contributed by atoms with E-state index in [9.17, 15) is 8.42 Å². The smallest absolute Gasteiger partial charge is 0.280 e. The number of ether oxygens (including phenoxy) is 1. The van der Waals surface area contributed by atoms with Gasteiger partial charge in [-0.1, -0.05) is 6.07 Å². The molecular formula is C12H12N4O3S. The maximum atomic E-state index is 12.1. The second kappa shape index (κ2) is 5.63. The van der Waals surface area contributed by atoms with Crippen LogP contribution < -0.4 is 9.46 Å². The molecule has 8 heteroatoms. The zero-order valence-electron chi connectivity index (χ0n) is 10.6. The van der Waals surface area contributed by atoms with Gasteiger partial charge in [-0.2, -0.15) is 13.7 Å². The molecule has 0 fully saturated rings. The molecule has 0 unspecified atom stereocenters. The van der Waals surface area contributed by atoms with E-state index in [1.807, 2.05) is 6.07 Å². The molecule has 0 amide bonds. The van der Waals surface area contributed by atoms with Gasteiger partial charge in [-0.15, -0.1) is 0 Å². The fraction of sp³-hybridized carbons (Fsp3) is 0.167. The molecule has 1 aromatic heterocycles. The molecule has 0 bridgehead atoms. The van der Waals surface area contributed by atoms with Gasteiger partial charge in [0.05, 0.1) is 12.0 Å². The van der Waals surface area contributed by atoms with Crippen LogP contribution in [0.5, 0.6) is 5.75 Å². The Morgan fingerprint density at radius 1 is 1.50 bits per heavy atom. The van der Waals surface area contributed by atoms with E-state index >= 15 is 0 Å².